The first-order valence-corrected chi connectivity index (χ1v) is 9.03. The first-order valence-electron chi connectivity index (χ1n) is 7.20. The van der Waals surface area contributed by atoms with Gasteiger partial charge in [0.05, 0.1) is 24.0 Å². The fourth-order valence-electron chi connectivity index (χ4n) is 3.82. The van der Waals surface area contributed by atoms with E-state index < -0.39 is 9.84 Å². The number of hydrogen-bond acceptors (Lipinski definition) is 4. The third kappa shape index (κ3) is 2.45. The van der Waals surface area contributed by atoms with Crippen LogP contribution in [-0.4, -0.2) is 55.4 Å². The van der Waals surface area contributed by atoms with Gasteiger partial charge in [-0.1, -0.05) is 5.92 Å². The zero-order valence-corrected chi connectivity index (χ0v) is 12.2. The molecule has 1 amide bonds. The van der Waals surface area contributed by atoms with Crippen LogP contribution < -0.4 is 5.32 Å². The predicted octanol–water partition coefficient (Wildman–Crippen LogP) is -0.224. The van der Waals surface area contributed by atoms with Gasteiger partial charge in [-0.15, -0.1) is 6.42 Å². The summed E-state index contributed by atoms with van der Waals surface area (Å²) in [6.45, 7) is 0.215. The summed E-state index contributed by atoms with van der Waals surface area (Å²) in [6, 6.07) is 0.474. The van der Waals surface area contributed by atoms with E-state index in [-0.39, 0.29) is 42.0 Å². The first kappa shape index (κ1) is 13.9. The number of sulfone groups is 1. The van der Waals surface area contributed by atoms with Crippen molar-refractivity contribution >= 4 is 15.7 Å². The molecule has 3 aliphatic rings. The van der Waals surface area contributed by atoms with Crippen molar-refractivity contribution < 1.29 is 13.2 Å². The molecule has 20 heavy (non-hydrogen) atoms. The minimum atomic E-state index is -3.00. The van der Waals surface area contributed by atoms with Gasteiger partial charge >= 0.3 is 0 Å². The van der Waals surface area contributed by atoms with Gasteiger partial charge in [0.2, 0.25) is 5.91 Å². The summed E-state index contributed by atoms with van der Waals surface area (Å²) in [4.78, 5) is 14.4. The molecule has 6 heteroatoms. The van der Waals surface area contributed by atoms with Crippen molar-refractivity contribution in [1.29, 1.82) is 0 Å². The molecular formula is C14H20N2O3S. The third-order valence-corrected chi connectivity index (χ3v) is 6.56. The van der Waals surface area contributed by atoms with E-state index in [4.69, 9.17) is 6.42 Å². The standard InChI is InChI=1S/C14H20N2O3S/c1-2-6-16(11-5-7-20(18,19)9-11)14(17)12-8-10-3-4-13(12)15-10/h1,10-13,15H,3-9H2. The Kier molecular flexibility index (Phi) is 3.51. The van der Waals surface area contributed by atoms with Crippen molar-refractivity contribution in [3.63, 3.8) is 0 Å². The minimum Gasteiger partial charge on any atom is -0.327 e. The second-order valence-electron chi connectivity index (χ2n) is 6.12. The molecule has 1 N–H and O–H groups in total. The summed E-state index contributed by atoms with van der Waals surface area (Å²) in [5.74, 6) is 2.77. The first-order chi connectivity index (χ1) is 9.50. The molecule has 0 aromatic heterocycles. The zero-order chi connectivity index (χ0) is 14.3. The number of nitrogens with one attached hydrogen (secondary N) is 1. The second-order valence-corrected chi connectivity index (χ2v) is 8.35. The van der Waals surface area contributed by atoms with Gasteiger partial charge in [0.15, 0.2) is 9.84 Å². The highest BCUT2D eigenvalue weighted by molar-refractivity contribution is 7.91. The smallest absolute Gasteiger partial charge is 0.228 e. The normalized spacial score (nSPS) is 37.8. The van der Waals surface area contributed by atoms with Gasteiger partial charge in [0.25, 0.3) is 0 Å². The maximum Gasteiger partial charge on any atom is 0.228 e. The number of terminal acetylenes is 1. The van der Waals surface area contributed by atoms with Crippen molar-refractivity contribution in [2.24, 2.45) is 5.92 Å². The molecule has 0 aromatic rings. The van der Waals surface area contributed by atoms with Crippen LogP contribution in [0.4, 0.5) is 0 Å². The molecule has 3 heterocycles. The Bertz CT molecular complexity index is 551. The van der Waals surface area contributed by atoms with Crippen LogP contribution in [0, 0.1) is 18.3 Å². The maximum absolute atomic E-state index is 12.7. The molecular weight excluding hydrogens is 276 g/mol. The molecule has 2 bridgehead atoms. The molecule has 0 saturated carbocycles. The Morgan fingerprint density at radius 3 is 2.65 bits per heavy atom. The quantitative estimate of drug-likeness (QED) is 0.731. The van der Waals surface area contributed by atoms with Crippen LogP contribution in [0.2, 0.25) is 0 Å². The summed E-state index contributed by atoms with van der Waals surface area (Å²) in [5.41, 5.74) is 0. The lowest BCUT2D eigenvalue weighted by Crippen LogP contribution is -2.47. The minimum absolute atomic E-state index is 0.0228. The fourth-order valence-corrected chi connectivity index (χ4v) is 5.55. The average Bonchev–Trinajstić information content (AvgIpc) is 3.09. The topological polar surface area (TPSA) is 66.5 Å². The number of carbonyl (C=O) groups is 1. The van der Waals surface area contributed by atoms with Gasteiger partial charge in [0, 0.05) is 18.1 Å². The lowest BCUT2D eigenvalue weighted by molar-refractivity contribution is -0.137. The van der Waals surface area contributed by atoms with Crippen LogP contribution in [0.15, 0.2) is 0 Å². The van der Waals surface area contributed by atoms with Gasteiger partial charge in [-0.3, -0.25) is 4.79 Å². The van der Waals surface area contributed by atoms with Crippen LogP contribution in [0.1, 0.15) is 25.7 Å². The van der Waals surface area contributed by atoms with E-state index in [1.807, 2.05) is 0 Å². The number of rotatable bonds is 3. The van der Waals surface area contributed by atoms with Crippen LogP contribution in [0.3, 0.4) is 0 Å². The number of carbonyl (C=O) groups excluding carboxylic acids is 1. The van der Waals surface area contributed by atoms with Crippen LogP contribution in [0.25, 0.3) is 0 Å². The average molecular weight is 296 g/mol. The summed E-state index contributed by atoms with van der Waals surface area (Å²) in [7, 11) is -3.00. The van der Waals surface area contributed by atoms with Crippen molar-refractivity contribution in [3.05, 3.63) is 0 Å². The van der Waals surface area contributed by atoms with E-state index in [1.54, 1.807) is 4.90 Å². The van der Waals surface area contributed by atoms with E-state index in [9.17, 15) is 13.2 Å². The highest BCUT2D eigenvalue weighted by atomic mass is 32.2. The summed E-state index contributed by atoms with van der Waals surface area (Å²) in [6.07, 6.45) is 8.93. The van der Waals surface area contributed by atoms with Crippen LogP contribution >= 0.6 is 0 Å². The molecule has 4 unspecified atom stereocenters. The number of fused-ring (bicyclic) bond motifs is 2. The van der Waals surface area contributed by atoms with Crippen molar-refractivity contribution in [3.8, 4) is 12.3 Å². The fraction of sp³-hybridized carbons (Fsp3) is 0.786. The summed E-state index contributed by atoms with van der Waals surface area (Å²) < 4.78 is 23.2. The number of amides is 1. The van der Waals surface area contributed by atoms with Crippen molar-refractivity contribution in [1.82, 2.24) is 10.2 Å². The lowest BCUT2D eigenvalue weighted by Gasteiger charge is -2.31. The van der Waals surface area contributed by atoms with Crippen LogP contribution in [0.5, 0.6) is 0 Å². The predicted molar refractivity (Wildman–Crippen MR) is 75.7 cm³/mol. The Balaban J connectivity index is 1.74. The van der Waals surface area contributed by atoms with Gasteiger partial charge in [0.1, 0.15) is 0 Å². The lowest BCUT2D eigenvalue weighted by atomic mass is 9.87. The van der Waals surface area contributed by atoms with Gasteiger partial charge in [-0.25, -0.2) is 8.42 Å². The molecule has 3 saturated heterocycles. The molecule has 3 rings (SSSR count). The highest BCUT2D eigenvalue weighted by Gasteiger charge is 2.46. The van der Waals surface area contributed by atoms with Gasteiger partial charge in [-0.05, 0) is 25.7 Å². The Labute approximate surface area is 120 Å². The SMILES string of the molecule is C#CCN(C(=O)C1CC2CCC1N2)C1CCS(=O)(=O)C1. The zero-order valence-electron chi connectivity index (χ0n) is 11.4. The Morgan fingerprint density at radius 1 is 1.35 bits per heavy atom. The molecule has 0 radical (unpaired) electrons. The Morgan fingerprint density at radius 2 is 2.15 bits per heavy atom. The molecule has 4 atom stereocenters. The molecule has 0 aliphatic carbocycles. The third-order valence-electron chi connectivity index (χ3n) is 4.81. The molecule has 3 fully saturated rings. The van der Waals surface area contributed by atoms with Gasteiger partial charge < -0.3 is 10.2 Å². The summed E-state index contributed by atoms with van der Waals surface area (Å²) >= 11 is 0. The Hall–Kier alpha value is -1.06. The van der Waals surface area contributed by atoms with E-state index in [2.05, 4.69) is 11.2 Å². The molecule has 110 valence electrons. The van der Waals surface area contributed by atoms with Gasteiger partial charge in [-0.2, -0.15) is 0 Å². The number of nitrogens with zero attached hydrogens (tertiary/aromatic N) is 1. The van der Waals surface area contributed by atoms with Crippen LogP contribution in [-0.2, 0) is 14.6 Å². The monoisotopic (exact) mass is 296 g/mol. The van der Waals surface area contributed by atoms with E-state index in [0.717, 1.165) is 19.3 Å². The second kappa shape index (κ2) is 5.05. The largest absolute Gasteiger partial charge is 0.327 e. The maximum atomic E-state index is 12.7. The van der Waals surface area contributed by atoms with E-state index >= 15 is 0 Å². The molecule has 0 spiro atoms. The molecule has 5 nitrogen and oxygen atoms in total. The van der Waals surface area contributed by atoms with E-state index in [1.165, 1.54) is 0 Å². The van der Waals surface area contributed by atoms with E-state index in [0.29, 0.717) is 12.5 Å². The number of hydrogen-bond donors (Lipinski definition) is 1. The highest BCUT2D eigenvalue weighted by Crippen LogP contribution is 2.35. The van der Waals surface area contributed by atoms with Crippen molar-refractivity contribution in [2.75, 3.05) is 18.1 Å². The summed E-state index contributed by atoms with van der Waals surface area (Å²) in [5, 5.41) is 3.45. The molecule has 3 aliphatic heterocycles. The van der Waals surface area contributed by atoms with Crippen molar-refractivity contribution in [2.45, 2.75) is 43.8 Å². The molecule has 0 aromatic carbocycles.